The van der Waals surface area contributed by atoms with Crippen LogP contribution in [0.2, 0.25) is 0 Å². The summed E-state index contributed by atoms with van der Waals surface area (Å²) >= 11 is 0. The molecule has 0 radical (unpaired) electrons. The summed E-state index contributed by atoms with van der Waals surface area (Å²) in [6, 6.07) is 0.580. The first-order chi connectivity index (χ1) is 8.17. The zero-order chi connectivity index (χ0) is 12.7. The summed E-state index contributed by atoms with van der Waals surface area (Å²) in [6.45, 7) is 6.35. The smallest absolute Gasteiger partial charge is 0.327 e. The first-order valence-corrected chi connectivity index (χ1v) is 6.25. The fourth-order valence-corrected chi connectivity index (χ4v) is 2.24. The number of carbonyl (C=O) groups is 1. The maximum Gasteiger partial charge on any atom is 0.327 e. The molecule has 0 bridgehead atoms. The average molecular weight is 244 g/mol. The van der Waals surface area contributed by atoms with E-state index < -0.39 is 0 Å². The molecule has 100 valence electrons. The molecule has 1 saturated heterocycles. The summed E-state index contributed by atoms with van der Waals surface area (Å²) in [5.41, 5.74) is 1.91. The topological polar surface area (TPSA) is 70.8 Å². The van der Waals surface area contributed by atoms with Gasteiger partial charge < -0.3 is 14.6 Å². The first kappa shape index (κ1) is 14.4. The molecule has 0 atom stereocenters. The highest BCUT2D eigenvalue weighted by molar-refractivity contribution is 5.69. The number of likely N-dealkylation sites (tertiary alicyclic amines) is 1. The third-order valence-electron chi connectivity index (χ3n) is 3.47. The molecule has 1 aliphatic heterocycles. The van der Waals surface area contributed by atoms with E-state index in [0.717, 1.165) is 26.2 Å². The summed E-state index contributed by atoms with van der Waals surface area (Å²) in [5.74, 6) is 4.58. The van der Waals surface area contributed by atoms with Crippen molar-refractivity contribution in [1.82, 2.24) is 15.4 Å². The lowest BCUT2D eigenvalue weighted by molar-refractivity contribution is -0.151. The molecule has 0 aromatic rings. The Morgan fingerprint density at radius 1 is 1.53 bits per heavy atom. The van der Waals surface area contributed by atoms with Gasteiger partial charge in [-0.1, -0.05) is 12.5 Å². The standard InChI is InChI=1S/C11H24N4O2/c1-3-15-8-4-10(5-9-15)14(2)7-6-11(16)17-13-12/h10,13H,3-9,12H2,1-2H3. The number of hydrogen-bond donors (Lipinski definition) is 2. The number of nitrogens with one attached hydrogen (secondary N) is 1. The Labute approximate surface area is 103 Å². The molecule has 6 nitrogen and oxygen atoms in total. The highest BCUT2D eigenvalue weighted by atomic mass is 16.7. The highest BCUT2D eigenvalue weighted by Crippen LogP contribution is 2.15. The van der Waals surface area contributed by atoms with E-state index in [0.29, 0.717) is 12.5 Å². The molecule has 17 heavy (non-hydrogen) atoms. The quantitative estimate of drug-likeness (QED) is 0.494. The van der Waals surface area contributed by atoms with Crippen LogP contribution >= 0.6 is 0 Å². The van der Waals surface area contributed by atoms with Gasteiger partial charge >= 0.3 is 5.97 Å². The third kappa shape index (κ3) is 4.99. The van der Waals surface area contributed by atoms with E-state index in [4.69, 9.17) is 5.84 Å². The largest absolute Gasteiger partial charge is 0.356 e. The van der Waals surface area contributed by atoms with E-state index in [-0.39, 0.29) is 5.97 Å². The van der Waals surface area contributed by atoms with Crippen LogP contribution in [0, 0.1) is 0 Å². The van der Waals surface area contributed by atoms with E-state index in [2.05, 4.69) is 28.6 Å². The van der Waals surface area contributed by atoms with Crippen LogP contribution < -0.4 is 11.4 Å². The molecule has 0 saturated carbocycles. The molecule has 0 aromatic heterocycles. The maximum atomic E-state index is 11.1. The number of carbonyl (C=O) groups excluding carboxylic acids is 1. The van der Waals surface area contributed by atoms with Crippen LogP contribution in [0.5, 0.6) is 0 Å². The SMILES string of the molecule is CCN1CCC(N(C)CCC(=O)ONN)CC1. The van der Waals surface area contributed by atoms with Gasteiger partial charge in [-0.25, -0.2) is 5.84 Å². The minimum Gasteiger partial charge on any atom is -0.356 e. The van der Waals surface area contributed by atoms with E-state index in [1.807, 2.05) is 5.59 Å². The van der Waals surface area contributed by atoms with Crippen LogP contribution in [0.3, 0.4) is 0 Å². The van der Waals surface area contributed by atoms with Gasteiger partial charge in [-0.15, -0.1) is 0 Å². The van der Waals surface area contributed by atoms with Gasteiger partial charge in [-0.2, -0.15) is 0 Å². The van der Waals surface area contributed by atoms with Crippen molar-refractivity contribution >= 4 is 5.97 Å². The molecular weight excluding hydrogens is 220 g/mol. The van der Waals surface area contributed by atoms with Crippen LogP contribution in [0.25, 0.3) is 0 Å². The lowest BCUT2D eigenvalue weighted by Crippen LogP contribution is -2.44. The number of nitrogens with zero attached hydrogens (tertiary/aromatic N) is 2. The minimum absolute atomic E-state index is 0.314. The number of rotatable bonds is 6. The van der Waals surface area contributed by atoms with Crippen molar-refractivity contribution in [2.24, 2.45) is 5.84 Å². The summed E-state index contributed by atoms with van der Waals surface area (Å²) in [7, 11) is 2.06. The van der Waals surface area contributed by atoms with E-state index in [1.165, 1.54) is 12.8 Å². The Balaban J connectivity index is 2.20. The predicted molar refractivity (Wildman–Crippen MR) is 65.8 cm³/mol. The van der Waals surface area contributed by atoms with Gasteiger partial charge in [0.05, 0.1) is 6.42 Å². The molecule has 0 amide bonds. The molecule has 6 heteroatoms. The van der Waals surface area contributed by atoms with Crippen molar-refractivity contribution in [2.75, 3.05) is 33.2 Å². The van der Waals surface area contributed by atoms with Crippen LogP contribution in [-0.4, -0.2) is 55.0 Å². The second kappa shape index (κ2) is 7.60. The molecule has 1 rings (SSSR count). The summed E-state index contributed by atoms with van der Waals surface area (Å²) in [6.07, 6.45) is 2.72. The molecule has 0 aliphatic carbocycles. The molecule has 3 N–H and O–H groups in total. The van der Waals surface area contributed by atoms with E-state index in [9.17, 15) is 4.79 Å². The lowest BCUT2D eigenvalue weighted by Gasteiger charge is -2.36. The summed E-state index contributed by atoms with van der Waals surface area (Å²) in [4.78, 5) is 20.3. The van der Waals surface area contributed by atoms with Gasteiger partial charge in [0.25, 0.3) is 0 Å². The van der Waals surface area contributed by atoms with Crippen molar-refractivity contribution < 1.29 is 9.63 Å². The zero-order valence-corrected chi connectivity index (χ0v) is 10.8. The van der Waals surface area contributed by atoms with Crippen molar-refractivity contribution in [3.8, 4) is 0 Å². The van der Waals surface area contributed by atoms with Gasteiger partial charge in [0.15, 0.2) is 0 Å². The van der Waals surface area contributed by atoms with Crippen LogP contribution in [0.4, 0.5) is 0 Å². The normalized spacial score (nSPS) is 18.6. The zero-order valence-electron chi connectivity index (χ0n) is 10.8. The van der Waals surface area contributed by atoms with Crippen molar-refractivity contribution in [2.45, 2.75) is 32.2 Å². The predicted octanol–water partition coefficient (Wildman–Crippen LogP) is -0.286. The van der Waals surface area contributed by atoms with Crippen molar-refractivity contribution in [1.29, 1.82) is 0 Å². The second-order valence-electron chi connectivity index (χ2n) is 4.49. The minimum atomic E-state index is -0.314. The number of hydrogen-bond acceptors (Lipinski definition) is 6. The van der Waals surface area contributed by atoms with E-state index in [1.54, 1.807) is 0 Å². The summed E-state index contributed by atoms with van der Waals surface area (Å²) < 4.78 is 0. The highest BCUT2D eigenvalue weighted by Gasteiger charge is 2.21. The van der Waals surface area contributed by atoms with E-state index >= 15 is 0 Å². The summed E-state index contributed by atoms with van der Waals surface area (Å²) in [5, 5.41) is 0. The molecule has 1 aliphatic rings. The van der Waals surface area contributed by atoms with Gasteiger partial charge in [0.1, 0.15) is 0 Å². The van der Waals surface area contributed by atoms with Gasteiger partial charge in [0.2, 0.25) is 0 Å². The van der Waals surface area contributed by atoms with Gasteiger partial charge in [-0.3, -0.25) is 4.79 Å². The molecular formula is C11H24N4O2. The Bertz CT molecular complexity index is 230. The second-order valence-corrected chi connectivity index (χ2v) is 4.49. The van der Waals surface area contributed by atoms with Crippen molar-refractivity contribution in [3.05, 3.63) is 0 Å². The Kier molecular flexibility index (Phi) is 6.43. The number of piperidine rings is 1. The number of hydrazine groups is 1. The Morgan fingerprint density at radius 2 is 2.18 bits per heavy atom. The van der Waals surface area contributed by atoms with Gasteiger partial charge in [-0.05, 0) is 39.5 Å². The monoisotopic (exact) mass is 244 g/mol. The molecule has 1 fully saturated rings. The third-order valence-corrected chi connectivity index (χ3v) is 3.47. The maximum absolute atomic E-state index is 11.1. The lowest BCUT2D eigenvalue weighted by atomic mass is 10.0. The molecule has 0 unspecified atom stereocenters. The Hall–Kier alpha value is -0.690. The Morgan fingerprint density at radius 3 is 2.71 bits per heavy atom. The fourth-order valence-electron chi connectivity index (χ4n) is 2.24. The van der Waals surface area contributed by atoms with Crippen LogP contribution in [0.1, 0.15) is 26.2 Å². The van der Waals surface area contributed by atoms with Gasteiger partial charge in [0, 0.05) is 12.6 Å². The van der Waals surface area contributed by atoms with Crippen molar-refractivity contribution in [3.63, 3.8) is 0 Å². The first-order valence-electron chi connectivity index (χ1n) is 6.25. The average Bonchev–Trinajstić information content (AvgIpc) is 2.36. The van der Waals surface area contributed by atoms with Crippen LogP contribution in [-0.2, 0) is 9.63 Å². The molecule has 0 spiro atoms. The number of nitrogens with two attached hydrogens (primary N) is 1. The fraction of sp³-hybridized carbons (Fsp3) is 0.909. The molecule has 0 aromatic carbocycles. The molecule has 1 heterocycles. The van der Waals surface area contributed by atoms with Crippen LogP contribution in [0.15, 0.2) is 0 Å².